The van der Waals surface area contributed by atoms with Gasteiger partial charge in [0.2, 0.25) is 0 Å². The molecular formula is C39H44N2O5. The zero-order chi connectivity index (χ0) is 32.6. The molecule has 0 radical (unpaired) electrons. The molecule has 0 unspecified atom stereocenters. The van der Waals surface area contributed by atoms with E-state index in [1.54, 1.807) is 0 Å². The monoisotopic (exact) mass is 620 g/mol. The van der Waals surface area contributed by atoms with E-state index >= 15 is 0 Å². The van der Waals surface area contributed by atoms with Crippen LogP contribution in [-0.4, -0.2) is 41.0 Å². The Kier molecular flexibility index (Phi) is 13.4. The molecule has 4 aromatic rings. The van der Waals surface area contributed by atoms with Gasteiger partial charge in [0.1, 0.15) is 0 Å². The number of rotatable bonds is 20. The molecule has 7 nitrogen and oxygen atoms in total. The van der Waals surface area contributed by atoms with Crippen LogP contribution in [0.15, 0.2) is 109 Å². The Morgan fingerprint density at radius 2 is 0.826 bits per heavy atom. The number of carboxylic acid groups (broad SMARTS) is 2. The van der Waals surface area contributed by atoms with Crippen molar-refractivity contribution >= 4 is 29.1 Å². The van der Waals surface area contributed by atoms with Crippen molar-refractivity contribution in [2.45, 2.75) is 64.5 Å². The van der Waals surface area contributed by atoms with Gasteiger partial charge in [-0.25, -0.2) is 0 Å². The van der Waals surface area contributed by atoms with Gasteiger partial charge in [-0.05, 0) is 85.3 Å². The van der Waals surface area contributed by atoms with Gasteiger partial charge in [0.15, 0.2) is 5.78 Å². The standard InChI is InChI=1S/C39H44N2O5/c42-37(43)17-9-3-11-27-40(29-31-13-5-1-6-14-31)35-23-19-33(20-24-35)39(46)34-21-25-36(26-22-34)41(28-12-4-10-18-38(44)45)30-32-15-7-2-8-16-32/h1-2,5-8,13-16,19-26H,3-4,9-12,17-18,27-30H2,(H,42,43)(H,44,45). The predicted octanol–water partition coefficient (Wildman–Crippen LogP) is 8.22. The van der Waals surface area contributed by atoms with Crippen LogP contribution >= 0.6 is 0 Å². The van der Waals surface area contributed by atoms with E-state index in [0.29, 0.717) is 24.0 Å². The van der Waals surface area contributed by atoms with Gasteiger partial charge in [-0.15, -0.1) is 0 Å². The number of benzene rings is 4. The lowest BCUT2D eigenvalue weighted by atomic mass is 10.0. The van der Waals surface area contributed by atoms with Crippen molar-refractivity contribution in [2.75, 3.05) is 22.9 Å². The Bertz CT molecular complexity index is 1390. The van der Waals surface area contributed by atoms with Crippen molar-refractivity contribution in [1.29, 1.82) is 0 Å². The first-order chi connectivity index (χ1) is 22.4. The summed E-state index contributed by atoms with van der Waals surface area (Å²) in [7, 11) is 0. The maximum Gasteiger partial charge on any atom is 0.303 e. The summed E-state index contributed by atoms with van der Waals surface area (Å²) in [5, 5.41) is 17.9. The summed E-state index contributed by atoms with van der Waals surface area (Å²) < 4.78 is 0. The van der Waals surface area contributed by atoms with Gasteiger partial charge >= 0.3 is 11.9 Å². The van der Waals surface area contributed by atoms with Crippen LogP contribution in [0.2, 0.25) is 0 Å². The highest BCUT2D eigenvalue weighted by atomic mass is 16.4. The molecule has 0 saturated carbocycles. The van der Waals surface area contributed by atoms with Gasteiger partial charge < -0.3 is 20.0 Å². The minimum atomic E-state index is -0.759. The summed E-state index contributed by atoms with van der Waals surface area (Å²) in [4.78, 5) is 39.8. The van der Waals surface area contributed by atoms with Gasteiger partial charge in [-0.3, -0.25) is 14.4 Å². The maximum atomic E-state index is 13.5. The first-order valence-electron chi connectivity index (χ1n) is 16.2. The van der Waals surface area contributed by atoms with Crippen molar-refractivity contribution in [3.63, 3.8) is 0 Å². The summed E-state index contributed by atoms with van der Waals surface area (Å²) in [6, 6.07) is 36.0. The second kappa shape index (κ2) is 18.2. The molecule has 46 heavy (non-hydrogen) atoms. The normalized spacial score (nSPS) is 10.8. The molecule has 0 heterocycles. The van der Waals surface area contributed by atoms with Gasteiger partial charge in [-0.2, -0.15) is 0 Å². The van der Waals surface area contributed by atoms with Crippen LogP contribution in [0.5, 0.6) is 0 Å². The first-order valence-corrected chi connectivity index (χ1v) is 16.2. The lowest BCUT2D eigenvalue weighted by molar-refractivity contribution is -0.138. The second-order valence-electron chi connectivity index (χ2n) is 11.6. The zero-order valence-electron chi connectivity index (χ0n) is 26.4. The number of hydrogen-bond donors (Lipinski definition) is 2. The van der Waals surface area contributed by atoms with Crippen LogP contribution in [0.1, 0.15) is 78.4 Å². The maximum absolute atomic E-state index is 13.5. The third kappa shape index (κ3) is 11.2. The van der Waals surface area contributed by atoms with Crippen LogP contribution in [0.4, 0.5) is 11.4 Å². The largest absolute Gasteiger partial charge is 0.481 e. The molecule has 240 valence electrons. The molecule has 0 amide bonds. The Morgan fingerprint density at radius 1 is 0.457 bits per heavy atom. The number of hydrogen-bond acceptors (Lipinski definition) is 5. The summed E-state index contributed by atoms with van der Waals surface area (Å²) in [6.45, 7) is 3.05. The summed E-state index contributed by atoms with van der Waals surface area (Å²) in [5.74, 6) is -1.55. The number of nitrogens with zero attached hydrogens (tertiary/aromatic N) is 2. The van der Waals surface area contributed by atoms with Crippen LogP contribution in [0.25, 0.3) is 0 Å². The Labute approximate surface area is 272 Å². The first kappa shape index (κ1) is 34.0. The Morgan fingerprint density at radius 3 is 1.17 bits per heavy atom. The van der Waals surface area contributed by atoms with E-state index in [2.05, 4.69) is 34.1 Å². The molecule has 0 atom stereocenters. The number of aliphatic carboxylic acids is 2. The van der Waals surface area contributed by atoms with Crippen molar-refractivity contribution in [3.05, 3.63) is 131 Å². The molecule has 0 saturated heterocycles. The fraction of sp³-hybridized carbons (Fsp3) is 0.308. The van der Waals surface area contributed by atoms with Crippen LogP contribution in [-0.2, 0) is 22.7 Å². The highest BCUT2D eigenvalue weighted by molar-refractivity contribution is 6.09. The quantitative estimate of drug-likeness (QED) is 0.0759. The fourth-order valence-corrected chi connectivity index (χ4v) is 5.53. The summed E-state index contributed by atoms with van der Waals surface area (Å²) in [6.07, 6.45) is 5.17. The van der Waals surface area contributed by atoms with E-state index in [4.69, 9.17) is 10.2 Å². The molecule has 7 heteroatoms. The number of carboxylic acids is 2. The summed E-state index contributed by atoms with van der Waals surface area (Å²) >= 11 is 0. The highest BCUT2D eigenvalue weighted by Crippen LogP contribution is 2.23. The molecule has 0 aliphatic heterocycles. The summed E-state index contributed by atoms with van der Waals surface area (Å²) in [5.41, 5.74) is 5.67. The number of anilines is 2. The van der Waals surface area contributed by atoms with Crippen LogP contribution in [0.3, 0.4) is 0 Å². The number of unbranched alkanes of at least 4 members (excludes halogenated alkanes) is 4. The van der Waals surface area contributed by atoms with Gasteiger partial charge in [0.25, 0.3) is 0 Å². The van der Waals surface area contributed by atoms with E-state index in [9.17, 15) is 14.4 Å². The molecule has 0 fully saturated rings. The topological polar surface area (TPSA) is 98.2 Å². The van der Waals surface area contributed by atoms with Gasteiger partial charge in [0, 0.05) is 61.5 Å². The van der Waals surface area contributed by atoms with Gasteiger partial charge in [0.05, 0.1) is 0 Å². The average Bonchev–Trinajstić information content (AvgIpc) is 3.07. The average molecular weight is 621 g/mol. The van der Waals surface area contributed by atoms with E-state index in [1.165, 1.54) is 11.1 Å². The zero-order valence-corrected chi connectivity index (χ0v) is 26.4. The second-order valence-corrected chi connectivity index (χ2v) is 11.6. The molecule has 0 aromatic heterocycles. The molecule has 0 spiro atoms. The Balaban J connectivity index is 1.42. The minimum Gasteiger partial charge on any atom is -0.481 e. The van der Waals surface area contributed by atoms with Crippen LogP contribution in [0, 0.1) is 0 Å². The number of ketones is 1. The predicted molar refractivity (Wildman–Crippen MR) is 184 cm³/mol. The third-order valence-corrected chi connectivity index (χ3v) is 8.06. The number of carbonyl (C=O) groups is 3. The SMILES string of the molecule is O=C(O)CCCCCN(Cc1ccccc1)c1ccc(C(=O)c2ccc(N(CCCCCC(=O)O)Cc3ccccc3)cc2)cc1. The molecule has 0 aliphatic rings. The third-order valence-electron chi connectivity index (χ3n) is 8.06. The minimum absolute atomic E-state index is 0.0374. The van der Waals surface area contributed by atoms with Crippen LogP contribution < -0.4 is 9.80 Å². The highest BCUT2D eigenvalue weighted by Gasteiger charge is 2.14. The van der Waals surface area contributed by atoms with Gasteiger partial charge in [-0.1, -0.05) is 73.5 Å². The van der Waals surface area contributed by atoms with E-state index in [-0.39, 0.29) is 18.6 Å². The fourth-order valence-electron chi connectivity index (χ4n) is 5.53. The van der Waals surface area contributed by atoms with Crippen molar-refractivity contribution in [2.24, 2.45) is 0 Å². The smallest absolute Gasteiger partial charge is 0.303 e. The van der Waals surface area contributed by atoms with E-state index in [1.807, 2.05) is 84.9 Å². The van der Waals surface area contributed by atoms with E-state index in [0.717, 1.165) is 63.2 Å². The number of carbonyl (C=O) groups excluding carboxylic acids is 1. The Hall–Kier alpha value is -4.91. The molecule has 4 rings (SSSR count). The van der Waals surface area contributed by atoms with Crippen molar-refractivity contribution in [1.82, 2.24) is 0 Å². The molecular weight excluding hydrogens is 576 g/mol. The van der Waals surface area contributed by atoms with Crippen molar-refractivity contribution < 1.29 is 24.6 Å². The molecule has 0 aliphatic carbocycles. The molecule has 2 N–H and O–H groups in total. The van der Waals surface area contributed by atoms with E-state index < -0.39 is 11.9 Å². The molecule has 0 bridgehead atoms. The lowest BCUT2D eigenvalue weighted by Crippen LogP contribution is -2.24. The molecule has 4 aromatic carbocycles. The lowest BCUT2D eigenvalue weighted by Gasteiger charge is -2.26. The van der Waals surface area contributed by atoms with Crippen molar-refractivity contribution in [3.8, 4) is 0 Å².